The number of hydrogen-bond donors (Lipinski definition) is 3. The summed E-state index contributed by atoms with van der Waals surface area (Å²) in [6.07, 6.45) is -0.409. The van der Waals surface area contributed by atoms with Crippen LogP contribution in [0.1, 0.15) is 26.3 Å². The maximum Gasteiger partial charge on any atom is 0.408 e. The van der Waals surface area contributed by atoms with E-state index in [1.165, 1.54) is 0 Å². The van der Waals surface area contributed by atoms with Gasteiger partial charge in [-0.1, -0.05) is 18.2 Å². The second-order valence-corrected chi connectivity index (χ2v) is 9.49. The Bertz CT molecular complexity index is 828. The molecule has 0 fully saturated rings. The van der Waals surface area contributed by atoms with E-state index in [4.69, 9.17) is 4.74 Å². The number of phenolic OH excluding ortho intramolecular Hbond substituents is 1. The molecule has 150 valence electrons. The van der Waals surface area contributed by atoms with Gasteiger partial charge in [0.25, 0.3) is 0 Å². The smallest absolute Gasteiger partial charge is 0.408 e. The molecule has 0 saturated carbocycles. The van der Waals surface area contributed by atoms with Crippen LogP contribution in [0, 0.1) is 7.14 Å². The van der Waals surface area contributed by atoms with Gasteiger partial charge in [0.2, 0.25) is 5.91 Å². The maximum absolute atomic E-state index is 12.8. The van der Waals surface area contributed by atoms with E-state index in [0.717, 1.165) is 5.56 Å². The zero-order valence-electron chi connectivity index (χ0n) is 15.8. The van der Waals surface area contributed by atoms with Crippen molar-refractivity contribution in [1.29, 1.82) is 0 Å². The Morgan fingerprint density at radius 3 is 2.21 bits per heavy atom. The second kappa shape index (κ2) is 9.77. The molecule has 2 aromatic carbocycles. The lowest BCUT2D eigenvalue weighted by molar-refractivity contribution is -0.118. The van der Waals surface area contributed by atoms with Gasteiger partial charge in [0.15, 0.2) is 0 Å². The minimum absolute atomic E-state index is 0.204. The first kappa shape index (κ1) is 22.7. The molecular formula is C20H22I2N2O4. The van der Waals surface area contributed by atoms with Gasteiger partial charge >= 0.3 is 6.09 Å². The van der Waals surface area contributed by atoms with Crippen LogP contribution in [-0.2, 0) is 16.0 Å². The van der Waals surface area contributed by atoms with Crippen molar-refractivity contribution in [3.63, 3.8) is 0 Å². The van der Waals surface area contributed by atoms with Crippen molar-refractivity contribution in [2.75, 3.05) is 5.32 Å². The van der Waals surface area contributed by atoms with E-state index >= 15 is 0 Å². The summed E-state index contributed by atoms with van der Waals surface area (Å²) in [6, 6.07) is 11.8. The van der Waals surface area contributed by atoms with Crippen LogP contribution in [0.25, 0.3) is 0 Å². The summed E-state index contributed by atoms with van der Waals surface area (Å²) in [5, 5.41) is 15.4. The largest absolute Gasteiger partial charge is 0.506 e. The summed E-state index contributed by atoms with van der Waals surface area (Å²) in [5.41, 5.74) is 0.780. The molecule has 0 radical (unpaired) electrons. The molecule has 2 rings (SSSR count). The number of ether oxygens (including phenoxy) is 1. The molecule has 1 atom stereocenters. The Kier molecular flexibility index (Phi) is 7.93. The summed E-state index contributed by atoms with van der Waals surface area (Å²) in [5.74, 6) is -0.148. The van der Waals surface area contributed by atoms with Gasteiger partial charge in [-0.05, 0) is 95.8 Å². The number of hydrogen-bond acceptors (Lipinski definition) is 4. The molecule has 0 bridgehead atoms. The third-order valence-electron chi connectivity index (χ3n) is 3.57. The highest BCUT2D eigenvalue weighted by Gasteiger charge is 2.25. The number of nitrogens with one attached hydrogen (secondary N) is 2. The average molecular weight is 608 g/mol. The molecule has 2 aromatic rings. The van der Waals surface area contributed by atoms with Gasteiger partial charge < -0.3 is 20.5 Å². The number of rotatable bonds is 5. The lowest BCUT2D eigenvalue weighted by Crippen LogP contribution is -2.47. The van der Waals surface area contributed by atoms with Crippen molar-refractivity contribution in [3.8, 4) is 5.75 Å². The minimum Gasteiger partial charge on any atom is -0.506 e. The summed E-state index contributed by atoms with van der Waals surface area (Å²) >= 11 is 4.07. The number of aromatic hydroxyl groups is 1. The van der Waals surface area contributed by atoms with E-state index in [1.807, 2.05) is 63.4 Å². The van der Waals surface area contributed by atoms with Crippen LogP contribution >= 0.6 is 45.2 Å². The van der Waals surface area contributed by atoms with Crippen LogP contribution in [0.2, 0.25) is 0 Å². The molecule has 6 nitrogen and oxygen atoms in total. The molecule has 0 saturated heterocycles. The number of amides is 2. The van der Waals surface area contributed by atoms with Crippen molar-refractivity contribution < 1.29 is 19.4 Å². The van der Waals surface area contributed by atoms with Crippen LogP contribution < -0.4 is 10.6 Å². The molecule has 28 heavy (non-hydrogen) atoms. The molecule has 0 aliphatic heterocycles. The Balaban J connectivity index is 2.22. The Labute approximate surface area is 191 Å². The minimum atomic E-state index is -0.841. The summed E-state index contributed by atoms with van der Waals surface area (Å²) in [7, 11) is 0. The van der Waals surface area contributed by atoms with E-state index in [0.29, 0.717) is 12.8 Å². The van der Waals surface area contributed by atoms with Crippen molar-refractivity contribution in [3.05, 3.63) is 55.2 Å². The molecular weight excluding hydrogens is 586 g/mol. The predicted octanol–water partition coefficient (Wildman–Crippen LogP) is 4.68. The number of carbonyl (C=O) groups excluding carboxylic acids is 2. The predicted molar refractivity (Wildman–Crippen MR) is 125 cm³/mol. The number of anilines is 1. The van der Waals surface area contributed by atoms with Gasteiger partial charge in [0.05, 0.1) is 7.14 Å². The zero-order valence-corrected chi connectivity index (χ0v) is 20.1. The lowest BCUT2D eigenvalue weighted by Gasteiger charge is -2.23. The zero-order chi connectivity index (χ0) is 20.9. The number of para-hydroxylation sites is 1. The highest BCUT2D eigenvalue weighted by atomic mass is 127. The summed E-state index contributed by atoms with van der Waals surface area (Å²) < 4.78 is 6.66. The van der Waals surface area contributed by atoms with E-state index in [9.17, 15) is 14.7 Å². The van der Waals surface area contributed by atoms with Crippen molar-refractivity contribution in [1.82, 2.24) is 5.32 Å². The number of halogens is 2. The standard InChI is InChI=1S/C20H22I2N2O4/c1-20(2,3)28-19(27)24-16(18(26)23-13-7-5-4-6-8-13)11-12-9-14(21)17(25)15(22)10-12/h4-10,16,25H,11H2,1-3H3,(H,23,26)(H,24,27)/t16-/m0/s1. The number of carbonyl (C=O) groups is 2. The molecule has 3 N–H and O–H groups in total. The van der Waals surface area contributed by atoms with Crippen molar-refractivity contribution >= 4 is 62.9 Å². The summed E-state index contributed by atoms with van der Waals surface area (Å²) in [6.45, 7) is 5.28. The number of benzene rings is 2. The van der Waals surface area contributed by atoms with Crippen molar-refractivity contribution in [2.45, 2.75) is 38.8 Å². The van der Waals surface area contributed by atoms with Crippen molar-refractivity contribution in [2.24, 2.45) is 0 Å². The Morgan fingerprint density at radius 2 is 1.68 bits per heavy atom. The topological polar surface area (TPSA) is 87.7 Å². The van der Waals surface area contributed by atoms with Crippen LogP contribution in [0.4, 0.5) is 10.5 Å². The van der Waals surface area contributed by atoms with Crippen LogP contribution in [0.3, 0.4) is 0 Å². The number of phenols is 1. The summed E-state index contributed by atoms with van der Waals surface area (Å²) in [4.78, 5) is 25.1. The van der Waals surface area contributed by atoms with E-state index in [2.05, 4.69) is 10.6 Å². The number of alkyl carbamates (subject to hydrolysis) is 1. The Hall–Kier alpha value is -1.56. The fraction of sp³-hybridized carbons (Fsp3) is 0.300. The van der Waals surface area contributed by atoms with E-state index in [1.54, 1.807) is 45.0 Å². The van der Waals surface area contributed by atoms with Crippen LogP contribution in [-0.4, -0.2) is 28.7 Å². The molecule has 8 heteroatoms. The lowest BCUT2D eigenvalue weighted by atomic mass is 10.0. The quantitative estimate of drug-likeness (QED) is 0.431. The molecule has 0 aliphatic rings. The molecule has 0 heterocycles. The van der Waals surface area contributed by atoms with Gasteiger partial charge in [0, 0.05) is 12.1 Å². The van der Waals surface area contributed by atoms with Crippen LogP contribution in [0.15, 0.2) is 42.5 Å². The Morgan fingerprint density at radius 1 is 1.11 bits per heavy atom. The highest BCUT2D eigenvalue weighted by Crippen LogP contribution is 2.28. The molecule has 0 unspecified atom stereocenters. The maximum atomic E-state index is 12.8. The average Bonchev–Trinajstić information content (AvgIpc) is 2.58. The molecule has 0 aliphatic carbocycles. The fourth-order valence-corrected chi connectivity index (χ4v) is 4.28. The van der Waals surface area contributed by atoms with Gasteiger partial charge in [0.1, 0.15) is 17.4 Å². The van der Waals surface area contributed by atoms with Gasteiger partial charge in [-0.2, -0.15) is 0 Å². The first-order chi connectivity index (χ1) is 13.0. The molecule has 2 amide bonds. The van der Waals surface area contributed by atoms with E-state index < -0.39 is 17.7 Å². The fourth-order valence-electron chi connectivity index (χ4n) is 2.38. The molecule has 0 spiro atoms. The SMILES string of the molecule is CC(C)(C)OC(=O)N[C@@H](Cc1cc(I)c(O)c(I)c1)C(=O)Nc1ccccc1. The molecule has 0 aromatic heterocycles. The monoisotopic (exact) mass is 608 g/mol. The highest BCUT2D eigenvalue weighted by molar-refractivity contribution is 14.1. The second-order valence-electron chi connectivity index (χ2n) is 7.17. The third kappa shape index (κ3) is 7.12. The van der Waals surface area contributed by atoms with Gasteiger partial charge in [-0.15, -0.1) is 0 Å². The van der Waals surface area contributed by atoms with Crippen LogP contribution in [0.5, 0.6) is 5.75 Å². The first-order valence-electron chi connectivity index (χ1n) is 8.57. The third-order valence-corrected chi connectivity index (χ3v) is 5.21. The van der Waals surface area contributed by atoms with Gasteiger partial charge in [-0.25, -0.2) is 4.79 Å². The normalized spacial score (nSPS) is 12.2. The van der Waals surface area contributed by atoms with E-state index in [-0.39, 0.29) is 18.1 Å². The first-order valence-corrected chi connectivity index (χ1v) is 10.7. The van der Waals surface area contributed by atoms with Gasteiger partial charge in [-0.3, -0.25) is 4.79 Å².